The van der Waals surface area contributed by atoms with Crippen LogP contribution < -0.4 is 15.4 Å². The minimum atomic E-state index is -0.838. The van der Waals surface area contributed by atoms with E-state index in [1.54, 1.807) is 23.1 Å². The lowest BCUT2D eigenvalue weighted by Crippen LogP contribution is -2.60. The lowest BCUT2D eigenvalue weighted by Gasteiger charge is -2.36. The maximum absolute atomic E-state index is 12.7. The van der Waals surface area contributed by atoms with Gasteiger partial charge < -0.3 is 19.7 Å². The molecule has 0 spiro atoms. The molecule has 2 amide bonds. The number of esters is 1. The molecule has 1 fully saturated rings. The molecule has 30 heavy (non-hydrogen) atoms. The molecule has 1 unspecified atom stereocenters. The molecule has 1 heterocycles. The number of halogens is 1. The van der Waals surface area contributed by atoms with Gasteiger partial charge in [-0.2, -0.15) is 0 Å². The van der Waals surface area contributed by atoms with E-state index in [2.05, 4.69) is 33.5 Å². The summed E-state index contributed by atoms with van der Waals surface area (Å²) in [5.74, 6) is -0.878. The number of unbranched alkanes of at least 4 members (excludes halogenated alkanes) is 2. The van der Waals surface area contributed by atoms with Crippen LogP contribution in [0.3, 0.4) is 0 Å². The molecule has 2 rings (SSSR count). The average molecular weight is 500 g/mol. The van der Waals surface area contributed by atoms with Crippen LogP contribution >= 0.6 is 28.1 Å². The quantitative estimate of drug-likeness (QED) is 0.322. The molecule has 8 nitrogen and oxygen atoms in total. The fourth-order valence-corrected chi connectivity index (χ4v) is 3.68. The first-order valence-electron chi connectivity index (χ1n) is 9.76. The third-order valence-electron chi connectivity index (χ3n) is 4.59. The van der Waals surface area contributed by atoms with Crippen LogP contribution in [-0.2, 0) is 14.3 Å². The molecule has 0 saturated carbocycles. The molecular formula is C20H26BrN3O5S. The monoisotopic (exact) mass is 499 g/mol. The third-order valence-corrected chi connectivity index (χ3v) is 5.42. The molecule has 164 valence electrons. The highest BCUT2D eigenvalue weighted by Gasteiger charge is 2.34. The van der Waals surface area contributed by atoms with Crippen LogP contribution in [0.15, 0.2) is 22.7 Å². The lowest BCUT2D eigenvalue weighted by molar-refractivity contribution is -0.147. The topological polar surface area (TPSA) is 97.0 Å². The van der Waals surface area contributed by atoms with Crippen molar-refractivity contribution in [3.8, 4) is 5.75 Å². The summed E-state index contributed by atoms with van der Waals surface area (Å²) >= 11 is 8.71. The molecule has 10 heteroatoms. The first-order chi connectivity index (χ1) is 14.4. The van der Waals surface area contributed by atoms with Crippen molar-refractivity contribution in [2.24, 2.45) is 0 Å². The van der Waals surface area contributed by atoms with Gasteiger partial charge in [-0.1, -0.05) is 35.7 Å². The van der Waals surface area contributed by atoms with E-state index in [1.807, 2.05) is 0 Å². The van der Waals surface area contributed by atoms with Gasteiger partial charge in [0.25, 0.3) is 5.91 Å². The van der Waals surface area contributed by atoms with Crippen molar-refractivity contribution in [2.45, 2.75) is 38.6 Å². The predicted octanol–water partition coefficient (Wildman–Crippen LogP) is 2.40. The number of methoxy groups -OCH3 is 1. The zero-order valence-corrected chi connectivity index (χ0v) is 19.4. The van der Waals surface area contributed by atoms with Gasteiger partial charge in [-0.15, -0.1) is 0 Å². The summed E-state index contributed by atoms with van der Waals surface area (Å²) in [6.07, 6.45) is 2.63. The second-order valence-corrected chi connectivity index (χ2v) is 8.04. The standard InChI is InChI=1S/C20H26BrN3O5S/c1-3-4-5-10-29-17(25)12-15-19(27)22-8-9-24(15)20(30)23-18(26)14-11-13(21)6-7-16(14)28-2/h6-7,11,15H,3-5,8-10,12H2,1-2H3,(H,22,27)(H,23,26,30). The van der Waals surface area contributed by atoms with Crippen LogP contribution in [0.4, 0.5) is 0 Å². The molecule has 2 N–H and O–H groups in total. The zero-order chi connectivity index (χ0) is 22.1. The number of piperazine rings is 1. The smallest absolute Gasteiger partial charge is 0.308 e. The first-order valence-corrected chi connectivity index (χ1v) is 11.0. The summed E-state index contributed by atoms with van der Waals surface area (Å²) in [7, 11) is 1.47. The second-order valence-electron chi connectivity index (χ2n) is 6.74. The molecule has 0 aromatic heterocycles. The minimum absolute atomic E-state index is 0.0701. The largest absolute Gasteiger partial charge is 0.496 e. The summed E-state index contributed by atoms with van der Waals surface area (Å²) in [5.41, 5.74) is 0.294. The van der Waals surface area contributed by atoms with E-state index in [0.717, 1.165) is 19.3 Å². The molecule has 0 aliphatic carbocycles. The molecule has 1 aliphatic rings. The third kappa shape index (κ3) is 6.66. The van der Waals surface area contributed by atoms with Gasteiger partial charge in [0, 0.05) is 17.6 Å². The lowest BCUT2D eigenvalue weighted by atomic mass is 10.1. The maximum Gasteiger partial charge on any atom is 0.308 e. The summed E-state index contributed by atoms with van der Waals surface area (Å²) in [6.45, 7) is 3.11. The van der Waals surface area contributed by atoms with Crippen LogP contribution in [0.25, 0.3) is 0 Å². The number of hydrogen-bond donors (Lipinski definition) is 2. The molecule has 1 aromatic carbocycles. The van der Waals surface area contributed by atoms with Gasteiger partial charge in [-0.05, 0) is 36.8 Å². The van der Waals surface area contributed by atoms with Crippen LogP contribution in [0.1, 0.15) is 43.0 Å². The number of carbonyl (C=O) groups is 3. The van der Waals surface area contributed by atoms with E-state index >= 15 is 0 Å². The van der Waals surface area contributed by atoms with Crippen LogP contribution in [0, 0.1) is 0 Å². The van der Waals surface area contributed by atoms with Crippen molar-refractivity contribution in [2.75, 3.05) is 26.8 Å². The Morgan fingerprint density at radius 1 is 1.37 bits per heavy atom. The van der Waals surface area contributed by atoms with Crippen molar-refractivity contribution >= 4 is 51.0 Å². The molecule has 1 atom stereocenters. The van der Waals surface area contributed by atoms with Gasteiger partial charge in [-0.3, -0.25) is 19.7 Å². The fourth-order valence-electron chi connectivity index (χ4n) is 3.01. The van der Waals surface area contributed by atoms with Crippen molar-refractivity contribution < 1.29 is 23.9 Å². The fraction of sp³-hybridized carbons (Fsp3) is 0.500. The van der Waals surface area contributed by atoms with Crippen LogP contribution in [0.5, 0.6) is 5.75 Å². The Morgan fingerprint density at radius 2 is 2.13 bits per heavy atom. The van der Waals surface area contributed by atoms with E-state index in [-0.39, 0.29) is 17.4 Å². The van der Waals surface area contributed by atoms with Gasteiger partial charge >= 0.3 is 5.97 Å². The number of amides is 2. The number of rotatable bonds is 8. The van der Waals surface area contributed by atoms with Gasteiger partial charge in [-0.25, -0.2) is 0 Å². The normalized spacial score (nSPS) is 15.9. The predicted molar refractivity (Wildman–Crippen MR) is 119 cm³/mol. The van der Waals surface area contributed by atoms with E-state index in [1.165, 1.54) is 7.11 Å². The highest BCUT2D eigenvalue weighted by atomic mass is 79.9. The number of thiocarbonyl (C=S) groups is 1. The number of nitrogens with one attached hydrogen (secondary N) is 2. The van der Waals surface area contributed by atoms with E-state index < -0.39 is 17.9 Å². The van der Waals surface area contributed by atoms with E-state index in [0.29, 0.717) is 35.5 Å². The molecule has 1 aromatic rings. The highest BCUT2D eigenvalue weighted by Crippen LogP contribution is 2.23. The SMILES string of the molecule is CCCCCOC(=O)CC1C(=O)NCCN1C(=S)NC(=O)c1cc(Br)ccc1OC. The van der Waals surface area contributed by atoms with Crippen LogP contribution in [0.2, 0.25) is 0 Å². The summed E-state index contributed by atoms with van der Waals surface area (Å²) in [6, 6.07) is 4.19. The van der Waals surface area contributed by atoms with Crippen molar-refractivity contribution in [1.29, 1.82) is 0 Å². The number of hydrogen-bond acceptors (Lipinski definition) is 6. The van der Waals surface area contributed by atoms with Crippen molar-refractivity contribution in [3.63, 3.8) is 0 Å². The molecular weight excluding hydrogens is 474 g/mol. The maximum atomic E-state index is 12.7. The Hall–Kier alpha value is -2.20. The molecule has 1 aliphatic heterocycles. The number of benzene rings is 1. The van der Waals surface area contributed by atoms with Gasteiger partial charge in [0.15, 0.2) is 5.11 Å². The first kappa shape index (κ1) is 24.1. The summed E-state index contributed by atoms with van der Waals surface area (Å²) in [5, 5.41) is 5.43. The summed E-state index contributed by atoms with van der Waals surface area (Å²) in [4.78, 5) is 38.8. The van der Waals surface area contributed by atoms with E-state index in [4.69, 9.17) is 21.7 Å². The van der Waals surface area contributed by atoms with Crippen molar-refractivity contribution in [3.05, 3.63) is 28.2 Å². The van der Waals surface area contributed by atoms with Crippen molar-refractivity contribution in [1.82, 2.24) is 15.5 Å². The summed E-state index contributed by atoms with van der Waals surface area (Å²) < 4.78 is 11.2. The average Bonchev–Trinajstić information content (AvgIpc) is 2.72. The highest BCUT2D eigenvalue weighted by molar-refractivity contribution is 9.10. The van der Waals surface area contributed by atoms with Gasteiger partial charge in [0.2, 0.25) is 5.91 Å². The minimum Gasteiger partial charge on any atom is -0.496 e. The Labute approximate surface area is 189 Å². The van der Waals surface area contributed by atoms with Gasteiger partial charge in [0.1, 0.15) is 11.8 Å². The Morgan fingerprint density at radius 3 is 2.83 bits per heavy atom. The number of carbonyl (C=O) groups excluding carboxylic acids is 3. The van der Waals surface area contributed by atoms with Gasteiger partial charge in [0.05, 0.1) is 25.7 Å². The molecule has 0 radical (unpaired) electrons. The zero-order valence-electron chi connectivity index (χ0n) is 17.0. The van der Waals surface area contributed by atoms with E-state index in [9.17, 15) is 14.4 Å². The Kier molecular flexibility index (Phi) is 9.51. The molecule has 0 bridgehead atoms. The van der Waals surface area contributed by atoms with Crippen LogP contribution in [-0.4, -0.2) is 60.6 Å². The Balaban J connectivity index is 2.04. The Bertz CT molecular complexity index is 805. The molecule has 1 saturated heterocycles. The number of nitrogens with zero attached hydrogens (tertiary/aromatic N) is 1. The second kappa shape index (κ2) is 11.8. The number of ether oxygens (including phenoxy) is 2.